The van der Waals surface area contributed by atoms with Crippen molar-refractivity contribution in [1.82, 2.24) is 5.32 Å². The first kappa shape index (κ1) is 9.01. The van der Waals surface area contributed by atoms with Gasteiger partial charge in [-0.1, -0.05) is 13.8 Å². The summed E-state index contributed by atoms with van der Waals surface area (Å²) in [5.41, 5.74) is 0. The Balaban J connectivity index is 2.17. The van der Waals surface area contributed by atoms with Gasteiger partial charge in [-0.05, 0) is 25.2 Å². The SMILES string of the molecule is CC[C@@H](CO)NC1CCC1C. The van der Waals surface area contributed by atoms with Crippen molar-refractivity contribution in [3.63, 3.8) is 0 Å². The van der Waals surface area contributed by atoms with Crippen LogP contribution in [0.2, 0.25) is 0 Å². The lowest BCUT2D eigenvalue weighted by Gasteiger charge is -2.37. The maximum absolute atomic E-state index is 8.92. The summed E-state index contributed by atoms with van der Waals surface area (Å²) in [5.74, 6) is 0.815. The number of nitrogens with one attached hydrogen (secondary N) is 1. The van der Waals surface area contributed by atoms with E-state index in [1.807, 2.05) is 0 Å². The molecule has 0 aromatic heterocycles. The second-order valence-corrected chi connectivity index (χ2v) is 3.62. The van der Waals surface area contributed by atoms with Gasteiger partial charge in [0.25, 0.3) is 0 Å². The zero-order chi connectivity index (χ0) is 8.27. The molecule has 0 aromatic carbocycles. The molecule has 2 unspecified atom stereocenters. The van der Waals surface area contributed by atoms with Gasteiger partial charge in [-0.15, -0.1) is 0 Å². The standard InChI is InChI=1S/C9H19NO/c1-3-8(6-11)10-9-5-4-7(9)2/h7-11H,3-6H2,1-2H3/t7?,8-,9?/m0/s1. The average Bonchev–Trinajstić information content (AvgIpc) is 2.04. The Kier molecular flexibility index (Phi) is 3.34. The highest BCUT2D eigenvalue weighted by Crippen LogP contribution is 2.26. The molecule has 1 rings (SSSR count). The number of rotatable bonds is 4. The van der Waals surface area contributed by atoms with Gasteiger partial charge in [-0.25, -0.2) is 0 Å². The van der Waals surface area contributed by atoms with Crippen molar-refractivity contribution in [3.05, 3.63) is 0 Å². The summed E-state index contributed by atoms with van der Waals surface area (Å²) in [4.78, 5) is 0. The molecule has 0 spiro atoms. The zero-order valence-corrected chi connectivity index (χ0v) is 7.51. The van der Waals surface area contributed by atoms with E-state index in [-0.39, 0.29) is 6.61 Å². The van der Waals surface area contributed by atoms with Crippen LogP contribution in [0.3, 0.4) is 0 Å². The van der Waals surface area contributed by atoms with Crippen LogP contribution < -0.4 is 5.32 Å². The van der Waals surface area contributed by atoms with E-state index in [0.717, 1.165) is 12.3 Å². The van der Waals surface area contributed by atoms with Crippen molar-refractivity contribution in [1.29, 1.82) is 0 Å². The maximum atomic E-state index is 8.92. The van der Waals surface area contributed by atoms with Crippen molar-refractivity contribution in [2.45, 2.75) is 45.2 Å². The molecule has 0 aliphatic heterocycles. The normalized spacial score (nSPS) is 33.0. The minimum Gasteiger partial charge on any atom is -0.395 e. The molecule has 0 radical (unpaired) electrons. The predicted octanol–water partition coefficient (Wildman–Crippen LogP) is 1.15. The van der Waals surface area contributed by atoms with Gasteiger partial charge in [0, 0.05) is 12.1 Å². The van der Waals surface area contributed by atoms with Gasteiger partial charge in [-0.2, -0.15) is 0 Å². The number of hydrogen-bond acceptors (Lipinski definition) is 2. The molecule has 11 heavy (non-hydrogen) atoms. The van der Waals surface area contributed by atoms with E-state index in [1.165, 1.54) is 12.8 Å². The third-order valence-electron chi connectivity index (χ3n) is 2.78. The second kappa shape index (κ2) is 4.07. The molecule has 66 valence electrons. The van der Waals surface area contributed by atoms with Gasteiger partial charge in [0.1, 0.15) is 0 Å². The Morgan fingerprint density at radius 3 is 2.55 bits per heavy atom. The third-order valence-corrected chi connectivity index (χ3v) is 2.78. The van der Waals surface area contributed by atoms with Crippen LogP contribution in [0.15, 0.2) is 0 Å². The maximum Gasteiger partial charge on any atom is 0.0584 e. The summed E-state index contributed by atoms with van der Waals surface area (Å²) in [7, 11) is 0. The average molecular weight is 157 g/mol. The molecule has 1 saturated carbocycles. The predicted molar refractivity (Wildman–Crippen MR) is 46.5 cm³/mol. The van der Waals surface area contributed by atoms with Gasteiger partial charge in [0.05, 0.1) is 6.61 Å². The first-order valence-electron chi connectivity index (χ1n) is 4.64. The van der Waals surface area contributed by atoms with E-state index in [2.05, 4.69) is 19.2 Å². The molecule has 0 bridgehead atoms. The summed E-state index contributed by atoms with van der Waals surface area (Å²) in [6, 6.07) is 0.995. The van der Waals surface area contributed by atoms with Crippen LogP contribution in [0.25, 0.3) is 0 Å². The molecular formula is C9H19NO. The molecular weight excluding hydrogens is 138 g/mol. The Labute approximate surface area is 69.0 Å². The molecule has 0 amide bonds. The molecule has 2 nitrogen and oxygen atoms in total. The molecule has 1 aliphatic carbocycles. The van der Waals surface area contributed by atoms with Gasteiger partial charge >= 0.3 is 0 Å². The number of hydrogen-bond donors (Lipinski definition) is 2. The van der Waals surface area contributed by atoms with Crippen molar-refractivity contribution >= 4 is 0 Å². The van der Waals surface area contributed by atoms with Crippen LogP contribution in [0, 0.1) is 5.92 Å². The van der Waals surface area contributed by atoms with Crippen LogP contribution in [-0.2, 0) is 0 Å². The molecule has 0 heterocycles. The summed E-state index contributed by atoms with van der Waals surface area (Å²) < 4.78 is 0. The van der Waals surface area contributed by atoms with E-state index in [0.29, 0.717) is 12.1 Å². The highest BCUT2D eigenvalue weighted by atomic mass is 16.3. The molecule has 2 N–H and O–H groups in total. The quantitative estimate of drug-likeness (QED) is 0.641. The van der Waals surface area contributed by atoms with E-state index in [4.69, 9.17) is 5.11 Å². The monoisotopic (exact) mass is 157 g/mol. The molecule has 3 atom stereocenters. The highest BCUT2D eigenvalue weighted by Gasteiger charge is 2.27. The minimum atomic E-state index is 0.278. The highest BCUT2D eigenvalue weighted by molar-refractivity contribution is 4.85. The van der Waals surface area contributed by atoms with Crippen LogP contribution >= 0.6 is 0 Å². The first-order valence-corrected chi connectivity index (χ1v) is 4.64. The Morgan fingerprint density at radius 1 is 1.55 bits per heavy atom. The molecule has 1 aliphatic rings. The lowest BCUT2D eigenvalue weighted by molar-refractivity contribution is 0.166. The molecule has 0 saturated heterocycles. The molecule has 2 heteroatoms. The number of aliphatic hydroxyl groups excluding tert-OH is 1. The van der Waals surface area contributed by atoms with Crippen LogP contribution in [0.1, 0.15) is 33.1 Å². The fraction of sp³-hybridized carbons (Fsp3) is 1.00. The van der Waals surface area contributed by atoms with Crippen LogP contribution in [0.4, 0.5) is 0 Å². The smallest absolute Gasteiger partial charge is 0.0584 e. The van der Waals surface area contributed by atoms with Gasteiger partial charge in [0.2, 0.25) is 0 Å². The van der Waals surface area contributed by atoms with E-state index < -0.39 is 0 Å². The Hall–Kier alpha value is -0.0800. The lowest BCUT2D eigenvalue weighted by Crippen LogP contribution is -2.48. The third kappa shape index (κ3) is 2.17. The van der Waals surface area contributed by atoms with Crippen LogP contribution in [0.5, 0.6) is 0 Å². The summed E-state index contributed by atoms with van der Waals surface area (Å²) in [6.45, 7) is 4.65. The summed E-state index contributed by atoms with van der Waals surface area (Å²) in [6.07, 6.45) is 3.66. The van der Waals surface area contributed by atoms with Crippen LogP contribution in [-0.4, -0.2) is 23.8 Å². The van der Waals surface area contributed by atoms with E-state index in [9.17, 15) is 0 Å². The molecule has 0 aromatic rings. The first-order chi connectivity index (χ1) is 5.27. The van der Waals surface area contributed by atoms with Crippen molar-refractivity contribution in [2.75, 3.05) is 6.61 Å². The largest absolute Gasteiger partial charge is 0.395 e. The summed E-state index contributed by atoms with van der Waals surface area (Å²) >= 11 is 0. The fourth-order valence-corrected chi connectivity index (χ4v) is 1.52. The van der Waals surface area contributed by atoms with Crippen molar-refractivity contribution in [3.8, 4) is 0 Å². The van der Waals surface area contributed by atoms with Gasteiger partial charge in [-0.3, -0.25) is 0 Å². The Bertz CT molecular complexity index is 109. The van der Waals surface area contributed by atoms with E-state index >= 15 is 0 Å². The zero-order valence-electron chi connectivity index (χ0n) is 7.51. The topological polar surface area (TPSA) is 32.3 Å². The minimum absolute atomic E-state index is 0.278. The summed E-state index contributed by atoms with van der Waals surface area (Å²) in [5, 5.41) is 12.4. The number of aliphatic hydroxyl groups is 1. The van der Waals surface area contributed by atoms with Crippen molar-refractivity contribution < 1.29 is 5.11 Å². The fourth-order valence-electron chi connectivity index (χ4n) is 1.52. The van der Waals surface area contributed by atoms with E-state index in [1.54, 1.807) is 0 Å². The van der Waals surface area contributed by atoms with Crippen molar-refractivity contribution in [2.24, 2.45) is 5.92 Å². The second-order valence-electron chi connectivity index (χ2n) is 3.62. The Morgan fingerprint density at radius 2 is 2.27 bits per heavy atom. The molecule has 1 fully saturated rings. The van der Waals surface area contributed by atoms with Gasteiger partial charge in [0.15, 0.2) is 0 Å². The lowest BCUT2D eigenvalue weighted by atomic mass is 9.81. The van der Waals surface area contributed by atoms with Gasteiger partial charge < -0.3 is 10.4 Å².